The summed E-state index contributed by atoms with van der Waals surface area (Å²) in [5, 5.41) is 0. The molecule has 0 spiro atoms. The maximum absolute atomic E-state index is 6.06. The minimum atomic E-state index is -0.250. The Labute approximate surface area is 85.2 Å². The summed E-state index contributed by atoms with van der Waals surface area (Å²) >= 11 is 0. The summed E-state index contributed by atoms with van der Waals surface area (Å²) in [6.07, 6.45) is 8.41. The molecule has 0 aromatic heterocycles. The van der Waals surface area contributed by atoms with Gasteiger partial charge >= 0.3 is 0 Å². The summed E-state index contributed by atoms with van der Waals surface area (Å²) in [6.45, 7) is 6.67. The van der Waals surface area contributed by atoms with E-state index >= 15 is 0 Å². The molecule has 0 aromatic rings. The van der Waals surface area contributed by atoms with Crippen molar-refractivity contribution in [1.29, 1.82) is 0 Å². The molecule has 0 heterocycles. The fourth-order valence-corrected chi connectivity index (χ4v) is 3.60. The van der Waals surface area contributed by atoms with Crippen LogP contribution in [0.15, 0.2) is 0 Å². The first-order valence-electron chi connectivity index (χ1n) is 5.78. The molecule has 1 nitrogen and oxygen atoms in total. The van der Waals surface area contributed by atoms with Gasteiger partial charge in [0, 0.05) is 5.60 Å². The Morgan fingerprint density at radius 2 is 1.85 bits per heavy atom. The van der Waals surface area contributed by atoms with E-state index in [0.717, 1.165) is 12.0 Å². The quantitative estimate of drug-likeness (QED) is 0.634. The molecule has 0 amide bonds. The average molecular weight is 200 g/mol. The summed E-state index contributed by atoms with van der Waals surface area (Å²) in [4.78, 5) is 0. The van der Waals surface area contributed by atoms with Crippen LogP contribution in [0.3, 0.4) is 0 Å². The molecule has 2 heteroatoms. The van der Waals surface area contributed by atoms with Crippen LogP contribution in [0.1, 0.15) is 59.3 Å². The molecule has 0 aliphatic heterocycles. The van der Waals surface area contributed by atoms with E-state index in [2.05, 4.69) is 20.8 Å². The van der Waals surface area contributed by atoms with E-state index in [1.54, 1.807) is 0 Å². The van der Waals surface area contributed by atoms with Crippen molar-refractivity contribution in [3.8, 4) is 0 Å². The number of hydrogen-bond acceptors (Lipinski definition) is 1. The van der Waals surface area contributed by atoms with Crippen molar-refractivity contribution >= 4 is 9.76 Å². The van der Waals surface area contributed by atoms with Crippen molar-refractivity contribution in [1.82, 2.24) is 0 Å². The van der Waals surface area contributed by atoms with Crippen LogP contribution in [0.2, 0.25) is 5.54 Å². The second-order valence-corrected chi connectivity index (χ2v) is 6.70. The zero-order valence-corrected chi connectivity index (χ0v) is 10.8. The Morgan fingerprint density at radius 1 is 1.23 bits per heavy atom. The van der Waals surface area contributed by atoms with Gasteiger partial charge in [0.15, 0.2) is 9.76 Å². The van der Waals surface area contributed by atoms with Gasteiger partial charge in [0.05, 0.1) is 0 Å². The van der Waals surface area contributed by atoms with Crippen molar-refractivity contribution < 1.29 is 4.43 Å². The first-order chi connectivity index (χ1) is 6.14. The molecular formula is C11H24OSi. The van der Waals surface area contributed by atoms with Gasteiger partial charge in [0.1, 0.15) is 0 Å². The molecule has 0 radical (unpaired) electrons. The van der Waals surface area contributed by atoms with Crippen LogP contribution < -0.4 is 0 Å². The fourth-order valence-electron chi connectivity index (χ4n) is 1.80. The minimum Gasteiger partial charge on any atom is -0.419 e. The first-order valence-corrected chi connectivity index (χ1v) is 7.17. The highest BCUT2D eigenvalue weighted by Crippen LogP contribution is 2.29. The molecular weight excluding hydrogens is 176 g/mol. The van der Waals surface area contributed by atoms with Crippen LogP contribution in [0.5, 0.6) is 0 Å². The van der Waals surface area contributed by atoms with Gasteiger partial charge in [-0.1, -0.05) is 39.0 Å². The predicted octanol–water partition coefficient (Wildman–Crippen LogP) is 3.03. The van der Waals surface area contributed by atoms with Gasteiger partial charge in [-0.15, -0.1) is 0 Å². The maximum Gasteiger partial charge on any atom is 0.165 e. The highest BCUT2D eigenvalue weighted by Gasteiger charge is 2.20. The van der Waals surface area contributed by atoms with E-state index in [0.29, 0.717) is 0 Å². The van der Waals surface area contributed by atoms with Crippen LogP contribution in [-0.2, 0) is 4.43 Å². The van der Waals surface area contributed by atoms with Crippen LogP contribution in [0.4, 0.5) is 0 Å². The third-order valence-corrected chi connectivity index (χ3v) is 5.52. The molecule has 1 fully saturated rings. The molecule has 0 atom stereocenters. The predicted molar refractivity (Wildman–Crippen MR) is 60.8 cm³/mol. The fraction of sp³-hybridized carbons (Fsp3) is 1.00. The molecule has 13 heavy (non-hydrogen) atoms. The van der Waals surface area contributed by atoms with E-state index in [1.165, 1.54) is 32.1 Å². The van der Waals surface area contributed by atoms with Gasteiger partial charge in [-0.25, -0.2) is 0 Å². The van der Waals surface area contributed by atoms with Crippen LogP contribution in [-0.4, -0.2) is 15.4 Å². The summed E-state index contributed by atoms with van der Waals surface area (Å²) in [5.41, 5.74) is 1.14. The third kappa shape index (κ3) is 4.27. The van der Waals surface area contributed by atoms with E-state index < -0.39 is 0 Å². The highest BCUT2D eigenvalue weighted by molar-refractivity contribution is 6.29. The van der Waals surface area contributed by atoms with Gasteiger partial charge in [-0.3, -0.25) is 0 Å². The first kappa shape index (κ1) is 11.3. The minimum absolute atomic E-state index is 0.156. The standard InChI is InChI=1S/C11H24OSi/c1-4-11(2,3)12-13-10-8-6-5-7-9-10/h10H,4-9,13H2,1-3H3. The van der Waals surface area contributed by atoms with Crippen LogP contribution in [0, 0.1) is 0 Å². The van der Waals surface area contributed by atoms with Crippen molar-refractivity contribution in [3.63, 3.8) is 0 Å². The molecule has 1 aliphatic rings. The molecule has 0 saturated heterocycles. The number of rotatable bonds is 4. The lowest BCUT2D eigenvalue weighted by atomic mass is 10.0. The molecule has 0 bridgehead atoms. The lowest BCUT2D eigenvalue weighted by molar-refractivity contribution is 0.107. The third-order valence-electron chi connectivity index (χ3n) is 3.29. The zero-order valence-electron chi connectivity index (χ0n) is 9.44. The second-order valence-electron chi connectivity index (χ2n) is 4.93. The van der Waals surface area contributed by atoms with Crippen molar-refractivity contribution in [2.75, 3.05) is 0 Å². The van der Waals surface area contributed by atoms with E-state index in [4.69, 9.17) is 4.43 Å². The summed E-state index contributed by atoms with van der Waals surface area (Å²) in [5.74, 6) is 0. The lowest BCUT2D eigenvalue weighted by Gasteiger charge is -2.28. The molecule has 0 N–H and O–H groups in total. The second kappa shape index (κ2) is 5.16. The molecule has 0 unspecified atom stereocenters. The van der Waals surface area contributed by atoms with Gasteiger partial charge in [-0.05, 0) is 25.8 Å². The van der Waals surface area contributed by atoms with E-state index in [1.807, 2.05) is 0 Å². The Balaban J connectivity index is 2.17. The molecule has 78 valence electrons. The van der Waals surface area contributed by atoms with E-state index in [9.17, 15) is 0 Å². The average Bonchev–Trinajstić information content (AvgIpc) is 2.17. The van der Waals surface area contributed by atoms with E-state index in [-0.39, 0.29) is 15.4 Å². The van der Waals surface area contributed by atoms with Gasteiger partial charge in [0.2, 0.25) is 0 Å². The van der Waals surface area contributed by atoms with Gasteiger partial charge < -0.3 is 4.43 Å². The molecule has 1 aliphatic carbocycles. The summed E-state index contributed by atoms with van der Waals surface area (Å²) in [7, 11) is -0.250. The molecule has 1 saturated carbocycles. The van der Waals surface area contributed by atoms with Gasteiger partial charge in [0.25, 0.3) is 0 Å². The highest BCUT2D eigenvalue weighted by atomic mass is 28.2. The Bertz CT molecular complexity index is 139. The molecule has 1 rings (SSSR count). The molecule has 0 aromatic carbocycles. The Hall–Kier alpha value is 0.177. The Morgan fingerprint density at radius 3 is 2.38 bits per heavy atom. The van der Waals surface area contributed by atoms with Crippen LogP contribution in [0.25, 0.3) is 0 Å². The van der Waals surface area contributed by atoms with Crippen molar-refractivity contribution in [2.24, 2.45) is 0 Å². The SMILES string of the molecule is CCC(C)(C)O[SiH2]C1CCCCC1. The normalized spacial score (nSPS) is 21.5. The van der Waals surface area contributed by atoms with Crippen LogP contribution >= 0.6 is 0 Å². The van der Waals surface area contributed by atoms with Crippen molar-refractivity contribution in [3.05, 3.63) is 0 Å². The summed E-state index contributed by atoms with van der Waals surface area (Å²) < 4.78 is 6.06. The van der Waals surface area contributed by atoms with Gasteiger partial charge in [-0.2, -0.15) is 0 Å². The largest absolute Gasteiger partial charge is 0.419 e. The maximum atomic E-state index is 6.06. The summed E-state index contributed by atoms with van der Waals surface area (Å²) in [6, 6.07) is 0. The lowest BCUT2D eigenvalue weighted by Crippen LogP contribution is -2.27. The monoisotopic (exact) mass is 200 g/mol. The smallest absolute Gasteiger partial charge is 0.165 e. The Kier molecular flexibility index (Phi) is 4.46. The number of hydrogen-bond donors (Lipinski definition) is 0. The topological polar surface area (TPSA) is 9.23 Å². The zero-order chi connectivity index (χ0) is 9.73. The van der Waals surface area contributed by atoms with Crippen molar-refractivity contribution in [2.45, 2.75) is 70.4 Å².